The minimum atomic E-state index is -1.92. The van der Waals surface area contributed by atoms with Gasteiger partial charge in [0.05, 0.1) is 5.60 Å². The molecule has 7 heteroatoms. The van der Waals surface area contributed by atoms with Gasteiger partial charge in [0.25, 0.3) is 0 Å². The van der Waals surface area contributed by atoms with E-state index < -0.39 is 32.1 Å². The molecule has 0 spiro atoms. The number of hydrogen-bond donors (Lipinski definition) is 1. The maximum Gasteiger partial charge on any atom is 0.509 e. The van der Waals surface area contributed by atoms with Crippen molar-refractivity contribution in [3.05, 3.63) is 35.9 Å². The monoisotopic (exact) mass is 396 g/mol. The second-order valence-electron chi connectivity index (χ2n) is 7.28. The second kappa shape index (κ2) is 10.5. The zero-order chi connectivity index (χ0) is 20.5. The van der Waals surface area contributed by atoms with Gasteiger partial charge in [0.1, 0.15) is 6.61 Å². The van der Waals surface area contributed by atoms with Gasteiger partial charge in [0, 0.05) is 6.42 Å². The third-order valence-corrected chi connectivity index (χ3v) is 9.67. The lowest BCUT2D eigenvalue weighted by atomic mass is 10.0. The Kier molecular flexibility index (Phi) is 8.98. The van der Waals surface area contributed by atoms with Crippen molar-refractivity contribution in [2.75, 3.05) is 0 Å². The average molecular weight is 397 g/mol. The topological polar surface area (TPSA) is 82.1 Å². The number of hydrogen-bond acceptors (Lipinski definition) is 5. The normalized spacial score (nSPS) is 13.1. The molecule has 152 valence electrons. The van der Waals surface area contributed by atoms with Crippen molar-refractivity contribution in [1.82, 2.24) is 0 Å². The van der Waals surface area contributed by atoms with Gasteiger partial charge in [0.2, 0.25) is 6.10 Å². The Labute approximate surface area is 163 Å². The van der Waals surface area contributed by atoms with E-state index in [1.807, 2.05) is 44.2 Å². The molecule has 1 N–H and O–H groups in total. The first kappa shape index (κ1) is 23.2. The lowest BCUT2D eigenvalue weighted by Gasteiger charge is -2.39. The van der Waals surface area contributed by atoms with Crippen LogP contribution in [0.15, 0.2) is 30.3 Å². The van der Waals surface area contributed by atoms with Gasteiger partial charge in [-0.1, -0.05) is 51.1 Å². The molecule has 0 aliphatic carbocycles. The van der Waals surface area contributed by atoms with Crippen LogP contribution in [0, 0.1) is 0 Å². The first-order chi connectivity index (χ1) is 12.7. The number of benzene rings is 1. The van der Waals surface area contributed by atoms with E-state index in [0.29, 0.717) is 0 Å². The van der Waals surface area contributed by atoms with Crippen LogP contribution in [0.1, 0.15) is 46.6 Å². The SMILES string of the molecule is CC[Si](CC)(CC)OC(C)(C)C[C@@H](OC(=O)OCc1ccccc1)C(=O)O. The molecule has 0 heterocycles. The van der Waals surface area contributed by atoms with E-state index in [-0.39, 0.29) is 13.0 Å². The van der Waals surface area contributed by atoms with Crippen molar-refractivity contribution in [3.63, 3.8) is 0 Å². The van der Waals surface area contributed by atoms with E-state index in [2.05, 4.69) is 20.8 Å². The van der Waals surface area contributed by atoms with Gasteiger partial charge >= 0.3 is 12.1 Å². The van der Waals surface area contributed by atoms with Crippen molar-refractivity contribution in [2.24, 2.45) is 0 Å². The quantitative estimate of drug-likeness (QED) is 0.419. The van der Waals surface area contributed by atoms with Crippen LogP contribution in [0.3, 0.4) is 0 Å². The summed E-state index contributed by atoms with van der Waals surface area (Å²) in [7, 11) is -1.92. The van der Waals surface area contributed by atoms with Crippen molar-refractivity contribution in [1.29, 1.82) is 0 Å². The molecule has 0 aliphatic rings. The number of carbonyl (C=O) groups excluding carboxylic acids is 1. The Morgan fingerprint density at radius 2 is 1.63 bits per heavy atom. The first-order valence-corrected chi connectivity index (χ1v) is 12.0. The Bertz CT molecular complexity index is 589. The van der Waals surface area contributed by atoms with Crippen LogP contribution >= 0.6 is 0 Å². The number of carboxylic acids is 1. The highest BCUT2D eigenvalue weighted by Gasteiger charge is 2.39. The maximum atomic E-state index is 11.9. The molecule has 1 rings (SSSR count). The zero-order valence-corrected chi connectivity index (χ0v) is 18.0. The average Bonchev–Trinajstić information content (AvgIpc) is 2.64. The molecule has 6 nitrogen and oxygen atoms in total. The van der Waals surface area contributed by atoms with Crippen LogP contribution in [0.5, 0.6) is 0 Å². The second-order valence-corrected chi connectivity index (χ2v) is 12.0. The van der Waals surface area contributed by atoms with Gasteiger partial charge in [-0.05, 0) is 37.5 Å². The maximum absolute atomic E-state index is 11.9. The van der Waals surface area contributed by atoms with Crippen LogP contribution < -0.4 is 0 Å². The van der Waals surface area contributed by atoms with Gasteiger partial charge in [-0.3, -0.25) is 0 Å². The fraction of sp³-hybridized carbons (Fsp3) is 0.600. The van der Waals surface area contributed by atoms with E-state index in [9.17, 15) is 14.7 Å². The van der Waals surface area contributed by atoms with Gasteiger partial charge in [-0.2, -0.15) is 0 Å². The lowest BCUT2D eigenvalue weighted by molar-refractivity contribution is -0.151. The molecule has 0 saturated carbocycles. The summed E-state index contributed by atoms with van der Waals surface area (Å²) in [6.07, 6.45) is -2.25. The summed E-state index contributed by atoms with van der Waals surface area (Å²) in [6, 6.07) is 12.0. The van der Waals surface area contributed by atoms with Crippen molar-refractivity contribution in [3.8, 4) is 0 Å². The molecule has 0 unspecified atom stereocenters. The fourth-order valence-electron chi connectivity index (χ4n) is 3.09. The fourth-order valence-corrected chi connectivity index (χ4v) is 6.28. The Balaban J connectivity index is 2.69. The van der Waals surface area contributed by atoms with E-state index in [1.165, 1.54) is 0 Å². The number of ether oxygens (including phenoxy) is 2. The molecule has 27 heavy (non-hydrogen) atoms. The van der Waals surface area contributed by atoms with Gasteiger partial charge in [-0.25, -0.2) is 9.59 Å². The van der Waals surface area contributed by atoms with Crippen LogP contribution in [-0.2, 0) is 25.3 Å². The summed E-state index contributed by atoms with van der Waals surface area (Å²) in [5.41, 5.74) is 0.0893. The van der Waals surface area contributed by atoms with Crippen molar-refractivity contribution < 1.29 is 28.6 Å². The highest BCUT2D eigenvalue weighted by atomic mass is 28.4. The van der Waals surface area contributed by atoms with E-state index in [1.54, 1.807) is 0 Å². The smallest absolute Gasteiger partial charge is 0.479 e. The minimum absolute atomic E-state index is 0.0312. The molecular formula is C20H32O6Si. The number of carboxylic acid groups (broad SMARTS) is 1. The van der Waals surface area contributed by atoms with Crippen LogP contribution in [0.25, 0.3) is 0 Å². The molecule has 0 aliphatic heterocycles. The number of carbonyl (C=O) groups is 2. The van der Waals surface area contributed by atoms with Crippen LogP contribution in [0.4, 0.5) is 4.79 Å². The molecule has 0 aromatic heterocycles. The summed E-state index contributed by atoms with van der Waals surface area (Å²) < 4.78 is 16.5. The van der Waals surface area contributed by atoms with Gasteiger partial charge in [0.15, 0.2) is 8.32 Å². The highest BCUT2D eigenvalue weighted by Crippen LogP contribution is 2.31. The predicted octanol–water partition coefficient (Wildman–Crippen LogP) is 4.98. The molecule has 0 bridgehead atoms. The van der Waals surface area contributed by atoms with Crippen molar-refractivity contribution in [2.45, 2.75) is 77.5 Å². The molecule has 0 radical (unpaired) electrons. The molecular weight excluding hydrogens is 364 g/mol. The summed E-state index contributed by atoms with van der Waals surface area (Å²) >= 11 is 0. The summed E-state index contributed by atoms with van der Waals surface area (Å²) in [5.74, 6) is -1.21. The highest BCUT2D eigenvalue weighted by molar-refractivity contribution is 6.73. The molecule has 1 aromatic carbocycles. The number of aliphatic carboxylic acids is 1. The predicted molar refractivity (Wildman–Crippen MR) is 106 cm³/mol. The molecule has 1 atom stereocenters. The Morgan fingerprint density at radius 1 is 1.07 bits per heavy atom. The van der Waals surface area contributed by atoms with Crippen LogP contribution in [-0.4, -0.2) is 37.3 Å². The zero-order valence-electron chi connectivity index (χ0n) is 17.0. The third-order valence-electron chi connectivity index (χ3n) is 4.82. The summed E-state index contributed by atoms with van der Waals surface area (Å²) in [4.78, 5) is 23.5. The van der Waals surface area contributed by atoms with Crippen molar-refractivity contribution >= 4 is 20.4 Å². The first-order valence-electron chi connectivity index (χ1n) is 9.47. The molecule has 1 aromatic rings. The largest absolute Gasteiger partial charge is 0.509 e. The lowest BCUT2D eigenvalue weighted by Crippen LogP contribution is -2.47. The molecule has 0 saturated heterocycles. The van der Waals surface area contributed by atoms with Gasteiger partial charge in [-0.15, -0.1) is 0 Å². The summed E-state index contributed by atoms with van der Waals surface area (Å²) in [6.45, 7) is 10.1. The number of rotatable bonds is 11. The third kappa shape index (κ3) is 7.72. The Hall–Kier alpha value is -1.86. The minimum Gasteiger partial charge on any atom is -0.479 e. The molecule has 0 fully saturated rings. The summed E-state index contributed by atoms with van der Waals surface area (Å²) in [5, 5.41) is 9.46. The standard InChI is InChI=1S/C20H32O6Si/c1-6-27(7-2,8-3)26-20(4,5)14-17(18(21)22)25-19(23)24-15-16-12-10-9-11-13-16/h9-13,17H,6-8,14-15H2,1-5H3,(H,21,22)/t17-/m1/s1. The Morgan fingerprint density at radius 3 is 2.11 bits per heavy atom. The van der Waals surface area contributed by atoms with Crippen LogP contribution in [0.2, 0.25) is 18.1 Å². The van der Waals surface area contributed by atoms with E-state index in [4.69, 9.17) is 13.9 Å². The van der Waals surface area contributed by atoms with E-state index >= 15 is 0 Å². The van der Waals surface area contributed by atoms with Gasteiger partial charge < -0.3 is 19.0 Å². The van der Waals surface area contributed by atoms with E-state index in [0.717, 1.165) is 23.7 Å². The molecule has 0 amide bonds.